The standard InChI is InChI=1S/C13H19NO2/c1-4-10(13(15)16)9-11-7-5-6-8-12(11)14(2)3/h5-8,10H,4,9H2,1-3H3,(H,15,16). The highest BCUT2D eigenvalue weighted by atomic mass is 16.4. The molecule has 0 spiro atoms. The molecular formula is C13H19NO2. The van der Waals surface area contributed by atoms with E-state index in [-0.39, 0.29) is 5.92 Å². The maximum absolute atomic E-state index is 11.0. The fourth-order valence-electron chi connectivity index (χ4n) is 1.79. The number of carbonyl (C=O) groups is 1. The Kier molecular flexibility index (Phi) is 4.35. The van der Waals surface area contributed by atoms with Gasteiger partial charge in [-0.3, -0.25) is 4.79 Å². The van der Waals surface area contributed by atoms with Crippen LogP contribution in [0.25, 0.3) is 0 Å². The van der Waals surface area contributed by atoms with Crippen molar-refractivity contribution in [3.63, 3.8) is 0 Å². The molecule has 0 heterocycles. The first-order valence-corrected chi connectivity index (χ1v) is 5.54. The second-order valence-electron chi connectivity index (χ2n) is 4.17. The summed E-state index contributed by atoms with van der Waals surface area (Å²) in [5.41, 5.74) is 2.20. The van der Waals surface area contributed by atoms with E-state index >= 15 is 0 Å². The van der Waals surface area contributed by atoms with Gasteiger partial charge in [0.1, 0.15) is 0 Å². The summed E-state index contributed by atoms with van der Waals surface area (Å²) >= 11 is 0. The van der Waals surface area contributed by atoms with Crippen molar-refractivity contribution in [2.24, 2.45) is 5.92 Å². The zero-order valence-corrected chi connectivity index (χ0v) is 10.1. The topological polar surface area (TPSA) is 40.5 Å². The summed E-state index contributed by atoms with van der Waals surface area (Å²) in [5, 5.41) is 9.05. The van der Waals surface area contributed by atoms with Gasteiger partial charge in [0.15, 0.2) is 0 Å². The molecule has 0 aromatic heterocycles. The minimum atomic E-state index is -0.712. The van der Waals surface area contributed by atoms with E-state index in [1.807, 2.05) is 50.2 Å². The summed E-state index contributed by atoms with van der Waals surface area (Å²) in [6.45, 7) is 1.91. The number of anilines is 1. The van der Waals surface area contributed by atoms with Crippen molar-refractivity contribution >= 4 is 11.7 Å². The van der Waals surface area contributed by atoms with Crippen molar-refractivity contribution in [3.05, 3.63) is 29.8 Å². The molecule has 0 aliphatic heterocycles. The number of carboxylic acid groups (broad SMARTS) is 1. The largest absolute Gasteiger partial charge is 0.481 e. The Bertz CT molecular complexity index is 361. The third kappa shape index (κ3) is 2.99. The lowest BCUT2D eigenvalue weighted by atomic mass is 9.96. The first-order valence-electron chi connectivity index (χ1n) is 5.54. The molecule has 0 radical (unpaired) electrons. The van der Waals surface area contributed by atoms with Gasteiger partial charge in [-0.1, -0.05) is 25.1 Å². The highest BCUT2D eigenvalue weighted by molar-refractivity contribution is 5.71. The number of carboxylic acids is 1. The van der Waals surface area contributed by atoms with Crippen LogP contribution in [-0.4, -0.2) is 25.2 Å². The molecule has 1 N–H and O–H groups in total. The van der Waals surface area contributed by atoms with Gasteiger partial charge in [0.2, 0.25) is 0 Å². The predicted octanol–water partition coefficient (Wildman–Crippen LogP) is 2.41. The normalized spacial score (nSPS) is 12.2. The number of hydrogen-bond acceptors (Lipinski definition) is 2. The minimum Gasteiger partial charge on any atom is -0.481 e. The number of rotatable bonds is 5. The van der Waals surface area contributed by atoms with Crippen LogP contribution in [0.4, 0.5) is 5.69 Å². The van der Waals surface area contributed by atoms with Crippen LogP contribution in [0.5, 0.6) is 0 Å². The van der Waals surface area contributed by atoms with Gasteiger partial charge < -0.3 is 10.0 Å². The van der Waals surface area contributed by atoms with Crippen molar-refractivity contribution in [3.8, 4) is 0 Å². The van der Waals surface area contributed by atoms with Crippen molar-refractivity contribution in [1.29, 1.82) is 0 Å². The van der Waals surface area contributed by atoms with Gasteiger partial charge in [0.05, 0.1) is 5.92 Å². The van der Waals surface area contributed by atoms with Gasteiger partial charge in [-0.2, -0.15) is 0 Å². The quantitative estimate of drug-likeness (QED) is 0.830. The molecule has 0 fully saturated rings. The molecule has 1 rings (SSSR count). The highest BCUT2D eigenvalue weighted by Crippen LogP contribution is 2.22. The Morgan fingerprint density at radius 3 is 2.50 bits per heavy atom. The van der Waals surface area contributed by atoms with Gasteiger partial charge in [-0.15, -0.1) is 0 Å². The Labute approximate surface area is 96.7 Å². The third-order valence-corrected chi connectivity index (χ3v) is 2.78. The molecule has 3 heteroatoms. The SMILES string of the molecule is CCC(Cc1ccccc1N(C)C)C(=O)O. The van der Waals surface area contributed by atoms with E-state index in [0.717, 1.165) is 11.3 Å². The molecule has 16 heavy (non-hydrogen) atoms. The fourth-order valence-corrected chi connectivity index (χ4v) is 1.79. The Hall–Kier alpha value is -1.51. The summed E-state index contributed by atoms with van der Waals surface area (Å²) in [4.78, 5) is 13.0. The second kappa shape index (κ2) is 5.54. The van der Waals surface area contributed by atoms with Gasteiger partial charge in [0.25, 0.3) is 0 Å². The maximum atomic E-state index is 11.0. The molecule has 0 aliphatic rings. The van der Waals surface area contributed by atoms with Crippen LogP contribution in [0.15, 0.2) is 24.3 Å². The average molecular weight is 221 g/mol. The van der Waals surface area contributed by atoms with Crippen molar-refractivity contribution in [1.82, 2.24) is 0 Å². The zero-order valence-electron chi connectivity index (χ0n) is 10.1. The van der Waals surface area contributed by atoms with Gasteiger partial charge in [-0.05, 0) is 24.5 Å². The van der Waals surface area contributed by atoms with E-state index in [2.05, 4.69) is 0 Å². The predicted molar refractivity (Wildman–Crippen MR) is 65.9 cm³/mol. The van der Waals surface area contributed by atoms with Crippen molar-refractivity contribution in [2.45, 2.75) is 19.8 Å². The molecule has 0 saturated heterocycles. The lowest BCUT2D eigenvalue weighted by Gasteiger charge is -2.19. The Morgan fingerprint density at radius 2 is 2.00 bits per heavy atom. The highest BCUT2D eigenvalue weighted by Gasteiger charge is 2.17. The number of nitrogens with zero attached hydrogens (tertiary/aromatic N) is 1. The average Bonchev–Trinajstić information content (AvgIpc) is 2.25. The van der Waals surface area contributed by atoms with E-state index in [1.165, 1.54) is 0 Å². The van der Waals surface area contributed by atoms with Crippen LogP contribution >= 0.6 is 0 Å². The molecule has 0 bridgehead atoms. The van der Waals surface area contributed by atoms with Crippen LogP contribution in [-0.2, 0) is 11.2 Å². The molecule has 1 aromatic rings. The molecule has 1 unspecified atom stereocenters. The zero-order chi connectivity index (χ0) is 12.1. The number of hydrogen-bond donors (Lipinski definition) is 1. The summed E-state index contributed by atoms with van der Waals surface area (Å²) < 4.78 is 0. The Balaban J connectivity index is 2.91. The third-order valence-electron chi connectivity index (χ3n) is 2.78. The monoisotopic (exact) mass is 221 g/mol. The van der Waals surface area contributed by atoms with Gasteiger partial charge in [0, 0.05) is 19.8 Å². The van der Waals surface area contributed by atoms with Crippen LogP contribution in [0.3, 0.4) is 0 Å². The van der Waals surface area contributed by atoms with E-state index in [4.69, 9.17) is 5.11 Å². The molecule has 3 nitrogen and oxygen atoms in total. The van der Waals surface area contributed by atoms with E-state index in [0.29, 0.717) is 12.8 Å². The van der Waals surface area contributed by atoms with Crippen molar-refractivity contribution < 1.29 is 9.90 Å². The first kappa shape index (κ1) is 12.6. The van der Waals surface area contributed by atoms with Crippen LogP contribution in [0.1, 0.15) is 18.9 Å². The summed E-state index contributed by atoms with van der Waals surface area (Å²) in [6.07, 6.45) is 1.26. The maximum Gasteiger partial charge on any atom is 0.306 e. The smallest absolute Gasteiger partial charge is 0.306 e. The first-order chi connectivity index (χ1) is 7.56. The van der Waals surface area contributed by atoms with E-state index in [9.17, 15) is 4.79 Å². The molecule has 88 valence electrons. The number of aliphatic carboxylic acids is 1. The molecule has 0 aliphatic carbocycles. The van der Waals surface area contributed by atoms with Crippen LogP contribution < -0.4 is 4.90 Å². The molecule has 0 amide bonds. The molecule has 1 aromatic carbocycles. The fraction of sp³-hybridized carbons (Fsp3) is 0.462. The Morgan fingerprint density at radius 1 is 1.38 bits per heavy atom. The second-order valence-corrected chi connectivity index (χ2v) is 4.17. The summed E-state index contributed by atoms with van der Waals surface area (Å²) in [7, 11) is 3.95. The van der Waals surface area contributed by atoms with E-state index in [1.54, 1.807) is 0 Å². The van der Waals surface area contributed by atoms with Crippen LogP contribution in [0, 0.1) is 5.92 Å². The lowest BCUT2D eigenvalue weighted by molar-refractivity contribution is -0.141. The van der Waals surface area contributed by atoms with Gasteiger partial charge >= 0.3 is 5.97 Å². The number of para-hydroxylation sites is 1. The molecule has 1 atom stereocenters. The van der Waals surface area contributed by atoms with Gasteiger partial charge in [-0.25, -0.2) is 0 Å². The van der Waals surface area contributed by atoms with E-state index < -0.39 is 5.97 Å². The minimum absolute atomic E-state index is 0.291. The molecule has 0 saturated carbocycles. The molecular weight excluding hydrogens is 202 g/mol. The van der Waals surface area contributed by atoms with Crippen molar-refractivity contribution in [2.75, 3.05) is 19.0 Å². The summed E-state index contributed by atoms with van der Waals surface area (Å²) in [6, 6.07) is 7.95. The summed E-state index contributed by atoms with van der Waals surface area (Å²) in [5.74, 6) is -1.00. The lowest BCUT2D eigenvalue weighted by Crippen LogP contribution is -2.18. The van der Waals surface area contributed by atoms with Crippen LogP contribution in [0.2, 0.25) is 0 Å². The number of benzene rings is 1.